The van der Waals surface area contributed by atoms with Crippen molar-refractivity contribution in [3.8, 4) is 11.5 Å². The summed E-state index contributed by atoms with van der Waals surface area (Å²) in [6.07, 6.45) is 5.23. The zero-order valence-electron chi connectivity index (χ0n) is 10.1. The number of rotatable bonds is 1. The number of thioether (sulfide) groups is 1. The van der Waals surface area contributed by atoms with Crippen molar-refractivity contribution < 1.29 is 14.9 Å². The monoisotopic (exact) mass is 253 g/mol. The van der Waals surface area contributed by atoms with Crippen molar-refractivity contribution in [2.75, 3.05) is 12.1 Å². The van der Waals surface area contributed by atoms with Gasteiger partial charge in [-0.15, -0.1) is 11.8 Å². The van der Waals surface area contributed by atoms with Gasteiger partial charge in [0.2, 0.25) is 6.20 Å². The summed E-state index contributed by atoms with van der Waals surface area (Å²) in [7, 11) is 0. The van der Waals surface area contributed by atoms with E-state index in [1.165, 1.54) is 22.5 Å². The Hall–Kier alpha value is -1.62. The molecule has 0 saturated carbocycles. The first-order chi connectivity index (χ1) is 8.13. The number of nitrogens with two attached hydrogens (primary N) is 1. The van der Waals surface area contributed by atoms with Gasteiger partial charge in [-0.3, -0.25) is 0 Å². The number of aromatic nitrogens is 1. The topological polar surface area (TPSA) is 70.4 Å². The predicted octanol–water partition coefficient (Wildman–Crippen LogP) is 2.00. The summed E-state index contributed by atoms with van der Waals surface area (Å²) in [5.74, 6) is 5.39. The molecule has 0 fully saturated rings. The molecule has 2 rings (SSSR count). The molecule has 17 heavy (non-hydrogen) atoms. The van der Waals surface area contributed by atoms with Crippen molar-refractivity contribution in [3.63, 3.8) is 0 Å². The summed E-state index contributed by atoms with van der Waals surface area (Å²) in [5, 5.41) is 20.8. The SMILES string of the molecule is CC.CSc1c(O)c(O)cc2cc[n+](N)cc12. The largest absolute Gasteiger partial charge is 0.504 e. The fourth-order valence-corrected chi connectivity index (χ4v) is 2.19. The van der Waals surface area contributed by atoms with E-state index in [0.29, 0.717) is 4.90 Å². The number of pyridine rings is 1. The van der Waals surface area contributed by atoms with E-state index in [2.05, 4.69) is 0 Å². The smallest absolute Gasteiger partial charge is 0.208 e. The zero-order valence-corrected chi connectivity index (χ0v) is 11.0. The molecule has 0 unspecified atom stereocenters. The highest BCUT2D eigenvalue weighted by molar-refractivity contribution is 7.99. The molecule has 0 radical (unpaired) electrons. The van der Waals surface area contributed by atoms with Gasteiger partial charge in [0.25, 0.3) is 0 Å². The van der Waals surface area contributed by atoms with Gasteiger partial charge >= 0.3 is 0 Å². The Morgan fingerprint density at radius 3 is 2.53 bits per heavy atom. The number of nitrogens with zero attached hydrogens (tertiary/aromatic N) is 1. The van der Waals surface area contributed by atoms with E-state index >= 15 is 0 Å². The lowest BCUT2D eigenvalue weighted by Crippen LogP contribution is -2.43. The van der Waals surface area contributed by atoms with E-state index in [4.69, 9.17) is 5.84 Å². The quantitative estimate of drug-likeness (QED) is 0.315. The van der Waals surface area contributed by atoms with Gasteiger partial charge in [-0.05, 0) is 17.7 Å². The number of fused-ring (bicyclic) bond motifs is 1. The van der Waals surface area contributed by atoms with Crippen LogP contribution in [0.15, 0.2) is 29.4 Å². The predicted molar refractivity (Wildman–Crippen MR) is 70.8 cm³/mol. The number of aromatic hydroxyl groups is 2. The first-order valence-corrected chi connectivity index (χ1v) is 6.55. The Morgan fingerprint density at radius 1 is 1.29 bits per heavy atom. The van der Waals surface area contributed by atoms with Crippen molar-refractivity contribution in [2.24, 2.45) is 0 Å². The maximum atomic E-state index is 9.67. The lowest BCUT2D eigenvalue weighted by atomic mass is 10.1. The van der Waals surface area contributed by atoms with Crippen LogP contribution in [0.4, 0.5) is 0 Å². The van der Waals surface area contributed by atoms with Crippen LogP contribution in [0.5, 0.6) is 11.5 Å². The number of phenolic OH excluding ortho intramolecular Hbond substituents is 2. The van der Waals surface area contributed by atoms with E-state index in [-0.39, 0.29) is 11.5 Å². The van der Waals surface area contributed by atoms with E-state index in [1.54, 1.807) is 18.5 Å². The third-order valence-corrected chi connectivity index (χ3v) is 3.04. The Bertz CT molecular complexity index is 529. The first-order valence-electron chi connectivity index (χ1n) is 5.32. The maximum absolute atomic E-state index is 9.67. The minimum absolute atomic E-state index is 0.0961. The molecular formula is C12H17N2O2S+. The van der Waals surface area contributed by atoms with Crippen molar-refractivity contribution in [3.05, 3.63) is 24.5 Å². The average Bonchev–Trinajstić information content (AvgIpc) is 2.34. The molecule has 0 bridgehead atoms. The molecule has 0 aliphatic rings. The average molecular weight is 253 g/mol. The lowest BCUT2D eigenvalue weighted by molar-refractivity contribution is -0.637. The summed E-state index contributed by atoms with van der Waals surface area (Å²) in [4.78, 5) is 0.629. The first kappa shape index (κ1) is 13.4. The Labute approximate surface area is 105 Å². The summed E-state index contributed by atoms with van der Waals surface area (Å²) < 4.78 is 1.42. The molecule has 1 aromatic carbocycles. The second kappa shape index (κ2) is 5.63. The van der Waals surface area contributed by atoms with Gasteiger partial charge in [-0.2, -0.15) is 0 Å². The molecule has 0 saturated heterocycles. The van der Waals surface area contributed by atoms with Gasteiger partial charge in [0.05, 0.1) is 10.3 Å². The number of phenols is 2. The number of nitrogen functional groups attached to an aromatic ring is 1. The Kier molecular flexibility index (Phi) is 4.45. The fraction of sp³-hybridized carbons (Fsp3) is 0.250. The molecule has 1 aromatic heterocycles. The molecule has 5 heteroatoms. The number of benzene rings is 1. The summed E-state index contributed by atoms with van der Waals surface area (Å²) in [6, 6.07) is 3.30. The molecule has 0 aliphatic carbocycles. The molecule has 4 N–H and O–H groups in total. The Balaban J connectivity index is 0.000000686. The molecule has 4 nitrogen and oxygen atoms in total. The number of hydrogen-bond acceptors (Lipinski definition) is 4. The second-order valence-electron chi connectivity index (χ2n) is 3.17. The third-order valence-electron chi connectivity index (χ3n) is 2.21. The van der Waals surface area contributed by atoms with Gasteiger partial charge in [0.15, 0.2) is 17.7 Å². The molecular weight excluding hydrogens is 236 g/mol. The molecule has 0 spiro atoms. The van der Waals surface area contributed by atoms with E-state index < -0.39 is 0 Å². The standard InChI is InChI=1S/C10H10N2O2S.C2H6/c1-15-10-7-5-12(11)3-2-6(7)4-8(13)9(10)14;1-2/h2-5,14H,11H2,1H3;1-2H3/p+1. The van der Waals surface area contributed by atoms with Crippen LogP contribution in [0.25, 0.3) is 10.8 Å². The van der Waals surface area contributed by atoms with Crippen molar-refractivity contribution in [2.45, 2.75) is 18.7 Å². The zero-order chi connectivity index (χ0) is 13.0. The van der Waals surface area contributed by atoms with Crippen LogP contribution in [0.3, 0.4) is 0 Å². The van der Waals surface area contributed by atoms with Crippen LogP contribution in [0.1, 0.15) is 13.8 Å². The van der Waals surface area contributed by atoms with Gasteiger partial charge in [-0.1, -0.05) is 18.5 Å². The van der Waals surface area contributed by atoms with Crippen molar-refractivity contribution in [1.29, 1.82) is 0 Å². The van der Waals surface area contributed by atoms with Crippen LogP contribution in [-0.4, -0.2) is 16.5 Å². The fourth-order valence-electron chi connectivity index (χ4n) is 1.50. The third kappa shape index (κ3) is 2.55. The minimum atomic E-state index is -0.110. The molecule has 2 aromatic rings. The highest BCUT2D eigenvalue weighted by Gasteiger charge is 2.13. The van der Waals surface area contributed by atoms with Gasteiger partial charge in [0.1, 0.15) is 0 Å². The molecule has 0 amide bonds. The summed E-state index contributed by atoms with van der Waals surface area (Å²) in [5.41, 5.74) is 0. The van der Waals surface area contributed by atoms with Crippen LogP contribution in [0.2, 0.25) is 0 Å². The number of hydrogen-bond donors (Lipinski definition) is 3. The lowest BCUT2D eigenvalue weighted by Gasteiger charge is -2.06. The minimum Gasteiger partial charge on any atom is -0.504 e. The van der Waals surface area contributed by atoms with E-state index in [1.807, 2.05) is 20.1 Å². The second-order valence-corrected chi connectivity index (χ2v) is 3.99. The maximum Gasteiger partial charge on any atom is 0.208 e. The molecule has 92 valence electrons. The normalized spacial score (nSPS) is 9.82. The van der Waals surface area contributed by atoms with Crippen LogP contribution in [-0.2, 0) is 0 Å². The molecule has 0 atom stereocenters. The molecule has 0 aliphatic heterocycles. The molecule has 1 heterocycles. The summed E-state index contributed by atoms with van der Waals surface area (Å²) >= 11 is 1.37. The van der Waals surface area contributed by atoms with Gasteiger partial charge in [-0.25, -0.2) is 5.84 Å². The van der Waals surface area contributed by atoms with Crippen LogP contribution < -0.4 is 10.5 Å². The van der Waals surface area contributed by atoms with Gasteiger partial charge < -0.3 is 10.2 Å². The van der Waals surface area contributed by atoms with E-state index in [9.17, 15) is 10.2 Å². The highest BCUT2D eigenvalue weighted by Crippen LogP contribution is 2.40. The van der Waals surface area contributed by atoms with Crippen molar-refractivity contribution in [1.82, 2.24) is 0 Å². The van der Waals surface area contributed by atoms with Crippen LogP contribution in [0, 0.1) is 0 Å². The Morgan fingerprint density at radius 2 is 1.94 bits per heavy atom. The highest BCUT2D eigenvalue weighted by atomic mass is 32.2. The van der Waals surface area contributed by atoms with Crippen LogP contribution >= 0.6 is 11.8 Å². The van der Waals surface area contributed by atoms with Crippen molar-refractivity contribution >= 4 is 22.5 Å². The van der Waals surface area contributed by atoms with E-state index in [0.717, 1.165) is 10.8 Å². The van der Waals surface area contributed by atoms with Gasteiger partial charge in [0, 0.05) is 6.07 Å². The summed E-state index contributed by atoms with van der Waals surface area (Å²) in [6.45, 7) is 4.00.